The van der Waals surface area contributed by atoms with Crippen molar-refractivity contribution in [3.8, 4) is 6.07 Å². The van der Waals surface area contributed by atoms with Crippen LogP contribution in [0.2, 0.25) is 0 Å². The molecule has 1 aromatic rings. The highest BCUT2D eigenvalue weighted by atomic mass is 32.2. The van der Waals surface area contributed by atoms with Crippen LogP contribution in [0.1, 0.15) is 82.9 Å². The number of thioether (sulfide) groups is 1. The molecular weight excluding hydrogens is 476 g/mol. The van der Waals surface area contributed by atoms with Gasteiger partial charge in [-0.25, -0.2) is 0 Å². The number of rotatable bonds is 9. The van der Waals surface area contributed by atoms with Crippen molar-refractivity contribution in [3.63, 3.8) is 0 Å². The van der Waals surface area contributed by atoms with Crippen molar-refractivity contribution < 1.29 is 4.79 Å². The van der Waals surface area contributed by atoms with Crippen LogP contribution in [-0.2, 0) is 11.3 Å². The van der Waals surface area contributed by atoms with Crippen LogP contribution in [0.25, 0.3) is 6.08 Å². The van der Waals surface area contributed by atoms with Gasteiger partial charge in [0.25, 0.3) is 11.5 Å². The first-order valence-electron chi connectivity index (χ1n) is 12.9. The van der Waals surface area contributed by atoms with Gasteiger partial charge >= 0.3 is 0 Å². The van der Waals surface area contributed by atoms with Gasteiger partial charge in [-0.1, -0.05) is 70.9 Å². The minimum absolute atomic E-state index is 0.0750. The Bertz CT molecular complexity index is 1090. The van der Waals surface area contributed by atoms with Crippen LogP contribution in [0.5, 0.6) is 0 Å². The fourth-order valence-electron chi connectivity index (χ4n) is 5.27. The molecule has 6 nitrogen and oxygen atoms in total. The number of pyridine rings is 1. The molecule has 2 atom stereocenters. The predicted octanol–water partition coefficient (Wildman–Crippen LogP) is 5.70. The molecule has 0 radical (unpaired) electrons. The van der Waals surface area contributed by atoms with Gasteiger partial charge in [0.15, 0.2) is 0 Å². The van der Waals surface area contributed by atoms with E-state index in [9.17, 15) is 14.9 Å². The Kier molecular flexibility index (Phi) is 9.60. The number of carbonyl (C=O) groups excluding carboxylic acids is 1. The Balaban J connectivity index is 2.12. The topological polar surface area (TPSA) is 69.3 Å². The van der Waals surface area contributed by atoms with Crippen LogP contribution in [0, 0.1) is 30.1 Å². The van der Waals surface area contributed by atoms with Gasteiger partial charge < -0.3 is 4.90 Å². The summed E-state index contributed by atoms with van der Waals surface area (Å²) in [6.45, 7) is 13.4. The molecule has 190 valence electrons. The molecule has 2 aliphatic rings. The second kappa shape index (κ2) is 12.2. The quantitative estimate of drug-likeness (QED) is 0.239. The first-order chi connectivity index (χ1) is 16.7. The van der Waals surface area contributed by atoms with E-state index in [4.69, 9.17) is 12.2 Å². The SMILES string of the molecule is CCCCCCN1C(=O)/C(=C/c2c(C)c(C#N)c(=O)n(CCC)c2N2CC(C)CC(C)C2)SC1=S. The molecule has 0 aromatic carbocycles. The summed E-state index contributed by atoms with van der Waals surface area (Å²) in [5.74, 6) is 1.75. The maximum atomic E-state index is 13.4. The third-order valence-corrected chi connectivity index (χ3v) is 8.22. The average molecular weight is 515 g/mol. The highest BCUT2D eigenvalue weighted by molar-refractivity contribution is 8.26. The maximum absolute atomic E-state index is 13.4. The van der Waals surface area contributed by atoms with E-state index < -0.39 is 0 Å². The molecule has 0 saturated carbocycles. The second-order valence-electron chi connectivity index (χ2n) is 10.1. The van der Waals surface area contributed by atoms with Crippen molar-refractivity contribution in [2.45, 2.75) is 79.7 Å². The second-order valence-corrected chi connectivity index (χ2v) is 11.7. The number of amides is 1. The van der Waals surface area contributed by atoms with Gasteiger partial charge in [0.1, 0.15) is 21.8 Å². The van der Waals surface area contributed by atoms with E-state index in [0.717, 1.165) is 63.0 Å². The van der Waals surface area contributed by atoms with Crippen molar-refractivity contribution in [2.24, 2.45) is 11.8 Å². The Hall–Kier alpha value is -2.11. The zero-order chi connectivity index (χ0) is 25.7. The number of nitriles is 1. The monoisotopic (exact) mass is 514 g/mol. The number of unbranched alkanes of at least 4 members (excludes halogenated alkanes) is 3. The maximum Gasteiger partial charge on any atom is 0.270 e. The number of anilines is 1. The van der Waals surface area contributed by atoms with Gasteiger partial charge in [-0.2, -0.15) is 5.26 Å². The summed E-state index contributed by atoms with van der Waals surface area (Å²) < 4.78 is 2.34. The van der Waals surface area contributed by atoms with Crippen LogP contribution in [-0.4, -0.2) is 39.3 Å². The van der Waals surface area contributed by atoms with Crippen molar-refractivity contribution in [1.82, 2.24) is 9.47 Å². The van der Waals surface area contributed by atoms with E-state index in [0.29, 0.717) is 39.7 Å². The molecule has 8 heteroatoms. The van der Waals surface area contributed by atoms with Gasteiger partial charge in [0, 0.05) is 31.7 Å². The van der Waals surface area contributed by atoms with E-state index in [1.54, 1.807) is 9.47 Å². The van der Waals surface area contributed by atoms with Gasteiger partial charge in [-0.05, 0) is 49.7 Å². The molecule has 0 N–H and O–H groups in total. The number of hydrogen-bond donors (Lipinski definition) is 0. The molecule has 3 heterocycles. The number of aromatic nitrogens is 1. The average Bonchev–Trinajstić information content (AvgIpc) is 3.06. The fourth-order valence-corrected chi connectivity index (χ4v) is 6.56. The lowest BCUT2D eigenvalue weighted by molar-refractivity contribution is -0.122. The molecule has 2 aliphatic heterocycles. The summed E-state index contributed by atoms with van der Waals surface area (Å²) in [7, 11) is 0. The molecule has 0 aliphatic carbocycles. The van der Waals surface area contributed by atoms with E-state index in [1.165, 1.54) is 11.8 Å². The summed E-state index contributed by atoms with van der Waals surface area (Å²) in [5.41, 5.74) is 1.34. The molecule has 1 amide bonds. The van der Waals surface area contributed by atoms with Crippen LogP contribution >= 0.6 is 24.0 Å². The minimum atomic E-state index is -0.242. The fraction of sp³-hybridized carbons (Fsp3) is 0.630. The number of nitrogens with zero attached hydrogens (tertiary/aromatic N) is 4. The zero-order valence-corrected chi connectivity index (χ0v) is 23.4. The highest BCUT2D eigenvalue weighted by Gasteiger charge is 2.33. The predicted molar refractivity (Wildman–Crippen MR) is 150 cm³/mol. The summed E-state index contributed by atoms with van der Waals surface area (Å²) in [5, 5.41) is 9.84. The van der Waals surface area contributed by atoms with Crippen LogP contribution in [0.4, 0.5) is 5.82 Å². The Morgan fingerprint density at radius 1 is 1.09 bits per heavy atom. The summed E-state index contributed by atoms with van der Waals surface area (Å²) in [4.78, 5) is 31.2. The van der Waals surface area contributed by atoms with Crippen LogP contribution < -0.4 is 10.5 Å². The van der Waals surface area contributed by atoms with Crippen molar-refractivity contribution >= 4 is 46.1 Å². The van der Waals surface area contributed by atoms with Crippen molar-refractivity contribution in [2.75, 3.05) is 24.5 Å². The highest BCUT2D eigenvalue weighted by Crippen LogP contribution is 2.37. The van der Waals surface area contributed by atoms with Gasteiger partial charge in [0.05, 0.1) is 4.91 Å². The van der Waals surface area contributed by atoms with Gasteiger partial charge in [-0.3, -0.25) is 19.1 Å². The van der Waals surface area contributed by atoms with Crippen LogP contribution in [0.3, 0.4) is 0 Å². The van der Waals surface area contributed by atoms with Crippen molar-refractivity contribution in [3.05, 3.63) is 31.9 Å². The normalized spacial score (nSPS) is 21.8. The smallest absolute Gasteiger partial charge is 0.270 e. The Morgan fingerprint density at radius 3 is 2.37 bits per heavy atom. The van der Waals surface area contributed by atoms with E-state index in [1.807, 2.05) is 19.9 Å². The van der Waals surface area contributed by atoms with E-state index in [2.05, 4.69) is 31.7 Å². The lowest BCUT2D eigenvalue weighted by Gasteiger charge is -2.39. The Labute approximate surface area is 219 Å². The summed E-state index contributed by atoms with van der Waals surface area (Å²) >= 11 is 6.88. The molecule has 35 heavy (non-hydrogen) atoms. The molecule has 0 bridgehead atoms. The number of hydrogen-bond acceptors (Lipinski definition) is 6. The Morgan fingerprint density at radius 2 is 1.77 bits per heavy atom. The number of carbonyl (C=O) groups is 1. The van der Waals surface area contributed by atoms with Crippen LogP contribution in [0.15, 0.2) is 9.70 Å². The lowest BCUT2D eigenvalue weighted by Crippen LogP contribution is -2.43. The molecule has 3 rings (SSSR count). The van der Waals surface area contributed by atoms with E-state index in [-0.39, 0.29) is 17.0 Å². The molecule has 2 fully saturated rings. The first-order valence-corrected chi connectivity index (χ1v) is 14.1. The molecule has 1 aromatic heterocycles. The standard InChI is InChI=1S/C27H38N4O2S2/c1-6-8-9-10-12-31-26(33)23(35-27(31)34)14-21-20(5)22(15-28)25(32)30(11-7-2)24(21)29-16-18(3)13-19(4)17-29/h14,18-19H,6-13,16-17H2,1-5H3/b23-14-. The summed E-state index contributed by atoms with van der Waals surface area (Å²) in [6, 6.07) is 2.13. The van der Waals surface area contributed by atoms with Crippen molar-refractivity contribution in [1.29, 1.82) is 5.26 Å². The third-order valence-electron chi connectivity index (χ3n) is 6.85. The largest absolute Gasteiger partial charge is 0.357 e. The molecular formula is C27H38N4O2S2. The van der Waals surface area contributed by atoms with E-state index >= 15 is 0 Å². The number of thiocarbonyl (C=S) groups is 1. The zero-order valence-electron chi connectivity index (χ0n) is 21.7. The molecule has 2 unspecified atom stereocenters. The van der Waals surface area contributed by atoms with Gasteiger partial charge in [-0.15, -0.1) is 0 Å². The molecule has 2 saturated heterocycles. The third kappa shape index (κ3) is 6.00. The summed E-state index contributed by atoms with van der Waals surface area (Å²) in [6.07, 6.45) is 8.11. The van der Waals surface area contributed by atoms with Gasteiger partial charge in [0.2, 0.25) is 0 Å². The lowest BCUT2D eigenvalue weighted by atomic mass is 9.91. The number of piperidine rings is 1. The molecule has 0 spiro atoms. The minimum Gasteiger partial charge on any atom is -0.357 e. The first kappa shape index (κ1) is 27.5.